The number of phenols is 1. The van der Waals surface area contributed by atoms with Crippen molar-refractivity contribution < 1.29 is 27.8 Å². The Kier molecular flexibility index (Phi) is 4.50. The van der Waals surface area contributed by atoms with Gasteiger partial charge in [-0.3, -0.25) is 4.79 Å². The monoisotopic (exact) mass is 308 g/mol. The van der Waals surface area contributed by atoms with Crippen LogP contribution in [-0.2, 0) is 0 Å². The van der Waals surface area contributed by atoms with E-state index in [-0.39, 0.29) is 17.3 Å². The Labute approximate surface area is 124 Å². The van der Waals surface area contributed by atoms with Crippen LogP contribution in [0.3, 0.4) is 0 Å². The first kappa shape index (κ1) is 15.6. The van der Waals surface area contributed by atoms with E-state index in [9.17, 15) is 18.0 Å². The van der Waals surface area contributed by atoms with Gasteiger partial charge in [0.05, 0.1) is 0 Å². The molecular formula is C16H11F3O3. The zero-order valence-electron chi connectivity index (χ0n) is 11.2. The number of hydrogen-bond donors (Lipinski definition) is 1. The zero-order chi connectivity index (χ0) is 16.2. The lowest BCUT2D eigenvalue weighted by Crippen LogP contribution is -2.17. The highest BCUT2D eigenvalue weighted by Crippen LogP contribution is 2.23. The largest absolute Gasteiger partial charge is 0.573 e. The fourth-order valence-electron chi connectivity index (χ4n) is 1.71. The van der Waals surface area contributed by atoms with Crippen molar-refractivity contribution in [2.75, 3.05) is 0 Å². The maximum absolute atomic E-state index is 12.1. The van der Waals surface area contributed by atoms with Crippen molar-refractivity contribution >= 4 is 11.9 Å². The summed E-state index contributed by atoms with van der Waals surface area (Å²) in [5, 5.41) is 9.13. The normalized spacial score (nSPS) is 11.6. The van der Waals surface area contributed by atoms with Crippen molar-refractivity contribution in [3.8, 4) is 11.5 Å². The smallest absolute Gasteiger partial charge is 0.508 e. The summed E-state index contributed by atoms with van der Waals surface area (Å²) in [7, 11) is 0. The Hall–Kier alpha value is -2.76. The second-order valence-corrected chi connectivity index (χ2v) is 4.36. The molecule has 2 aromatic carbocycles. The second kappa shape index (κ2) is 6.34. The fraction of sp³-hybridized carbons (Fsp3) is 0.0625. The summed E-state index contributed by atoms with van der Waals surface area (Å²) in [5.74, 6) is -0.647. The summed E-state index contributed by atoms with van der Waals surface area (Å²) in [6.07, 6.45) is -2.14. The molecule has 0 spiro atoms. The molecule has 6 heteroatoms. The number of alkyl halides is 3. The van der Waals surface area contributed by atoms with E-state index in [1.165, 1.54) is 54.6 Å². The topological polar surface area (TPSA) is 46.5 Å². The highest BCUT2D eigenvalue weighted by atomic mass is 19.4. The number of carbonyl (C=O) groups excluding carboxylic acids is 1. The molecule has 0 radical (unpaired) electrons. The molecule has 3 nitrogen and oxygen atoms in total. The number of carbonyl (C=O) groups is 1. The number of benzene rings is 2. The Bertz CT molecular complexity index is 689. The molecule has 22 heavy (non-hydrogen) atoms. The minimum absolute atomic E-state index is 0.0394. The first-order valence-electron chi connectivity index (χ1n) is 6.21. The molecular weight excluding hydrogens is 297 g/mol. The van der Waals surface area contributed by atoms with Crippen LogP contribution in [0.25, 0.3) is 6.08 Å². The highest BCUT2D eigenvalue weighted by molar-refractivity contribution is 6.06. The lowest BCUT2D eigenvalue weighted by Gasteiger charge is -2.08. The van der Waals surface area contributed by atoms with Crippen molar-refractivity contribution in [3.05, 3.63) is 65.7 Å². The van der Waals surface area contributed by atoms with Crippen LogP contribution >= 0.6 is 0 Å². The number of ketones is 1. The molecule has 0 amide bonds. The number of ether oxygens (including phenoxy) is 1. The molecule has 0 fully saturated rings. The minimum Gasteiger partial charge on any atom is -0.508 e. The molecule has 0 saturated carbocycles. The number of hydrogen-bond acceptors (Lipinski definition) is 3. The van der Waals surface area contributed by atoms with Crippen LogP contribution in [0.1, 0.15) is 15.9 Å². The van der Waals surface area contributed by atoms with Crippen LogP contribution in [-0.4, -0.2) is 17.3 Å². The lowest BCUT2D eigenvalue weighted by atomic mass is 10.1. The van der Waals surface area contributed by atoms with E-state index in [1.807, 2.05) is 0 Å². The van der Waals surface area contributed by atoms with Gasteiger partial charge in [0.15, 0.2) is 5.78 Å². The van der Waals surface area contributed by atoms with E-state index in [0.29, 0.717) is 11.1 Å². The molecule has 0 aliphatic carbocycles. The van der Waals surface area contributed by atoms with E-state index in [4.69, 9.17) is 5.11 Å². The van der Waals surface area contributed by atoms with Crippen LogP contribution < -0.4 is 4.74 Å². The van der Waals surface area contributed by atoms with Crippen molar-refractivity contribution in [1.82, 2.24) is 0 Å². The molecule has 2 aromatic rings. The standard InChI is InChI=1S/C16H11F3O3/c17-16(18,19)22-14-3-1-2-11(10-14)4-9-15(21)12-5-7-13(20)8-6-12/h1-10,20H/b9-4+. The Morgan fingerprint density at radius 1 is 1.09 bits per heavy atom. The molecule has 0 saturated heterocycles. The van der Waals surface area contributed by atoms with Crippen LogP contribution in [0.15, 0.2) is 54.6 Å². The van der Waals surface area contributed by atoms with Gasteiger partial charge in [-0.25, -0.2) is 0 Å². The Balaban J connectivity index is 2.11. The molecule has 0 aliphatic heterocycles. The molecule has 114 valence electrons. The quantitative estimate of drug-likeness (QED) is 0.680. The SMILES string of the molecule is O=C(/C=C/c1cccc(OC(F)(F)F)c1)c1ccc(O)cc1. The van der Waals surface area contributed by atoms with Gasteiger partial charge in [-0.05, 0) is 48.0 Å². The third-order valence-corrected chi connectivity index (χ3v) is 2.67. The predicted molar refractivity (Wildman–Crippen MR) is 74.6 cm³/mol. The number of halogens is 3. The van der Waals surface area contributed by atoms with Crippen LogP contribution in [0.2, 0.25) is 0 Å². The van der Waals surface area contributed by atoms with Gasteiger partial charge < -0.3 is 9.84 Å². The van der Waals surface area contributed by atoms with Crippen LogP contribution in [0.5, 0.6) is 11.5 Å². The first-order chi connectivity index (χ1) is 10.3. The summed E-state index contributed by atoms with van der Waals surface area (Å²) in [5.41, 5.74) is 0.755. The number of phenolic OH excluding ortho intramolecular Hbond substituents is 1. The molecule has 0 bridgehead atoms. The molecule has 0 unspecified atom stereocenters. The van der Waals surface area contributed by atoms with Crippen molar-refractivity contribution in [2.24, 2.45) is 0 Å². The Morgan fingerprint density at radius 3 is 2.41 bits per heavy atom. The van der Waals surface area contributed by atoms with E-state index in [0.717, 1.165) is 0 Å². The zero-order valence-corrected chi connectivity index (χ0v) is 11.2. The van der Waals surface area contributed by atoms with Crippen molar-refractivity contribution in [1.29, 1.82) is 0 Å². The second-order valence-electron chi connectivity index (χ2n) is 4.36. The maximum atomic E-state index is 12.1. The van der Waals surface area contributed by atoms with Crippen molar-refractivity contribution in [3.63, 3.8) is 0 Å². The van der Waals surface area contributed by atoms with E-state index >= 15 is 0 Å². The number of rotatable bonds is 4. The molecule has 0 atom stereocenters. The average Bonchev–Trinajstić information content (AvgIpc) is 2.44. The third-order valence-electron chi connectivity index (χ3n) is 2.67. The average molecular weight is 308 g/mol. The summed E-state index contributed by atoms with van der Waals surface area (Å²) >= 11 is 0. The van der Waals surface area contributed by atoms with Gasteiger partial charge in [0.1, 0.15) is 11.5 Å². The summed E-state index contributed by atoms with van der Waals surface area (Å²) in [6.45, 7) is 0. The number of allylic oxidation sites excluding steroid dienone is 1. The van der Waals surface area contributed by atoms with E-state index in [1.54, 1.807) is 6.07 Å². The van der Waals surface area contributed by atoms with Crippen LogP contribution in [0.4, 0.5) is 13.2 Å². The fourth-order valence-corrected chi connectivity index (χ4v) is 1.71. The van der Waals surface area contributed by atoms with Crippen molar-refractivity contribution in [2.45, 2.75) is 6.36 Å². The summed E-state index contributed by atoms with van der Waals surface area (Å²) in [6, 6.07) is 10.9. The maximum Gasteiger partial charge on any atom is 0.573 e. The summed E-state index contributed by atoms with van der Waals surface area (Å²) < 4.78 is 40.2. The highest BCUT2D eigenvalue weighted by Gasteiger charge is 2.30. The molecule has 0 heterocycles. The van der Waals surface area contributed by atoms with Gasteiger partial charge in [-0.1, -0.05) is 18.2 Å². The van der Waals surface area contributed by atoms with Gasteiger partial charge in [-0.15, -0.1) is 13.2 Å². The van der Waals surface area contributed by atoms with Gasteiger partial charge >= 0.3 is 6.36 Å². The number of aromatic hydroxyl groups is 1. The predicted octanol–water partition coefficient (Wildman–Crippen LogP) is 4.19. The van der Waals surface area contributed by atoms with E-state index < -0.39 is 6.36 Å². The first-order valence-corrected chi connectivity index (χ1v) is 6.21. The van der Waals surface area contributed by atoms with E-state index in [2.05, 4.69) is 4.74 Å². The van der Waals surface area contributed by atoms with Gasteiger partial charge in [0.2, 0.25) is 0 Å². The van der Waals surface area contributed by atoms with Gasteiger partial charge in [-0.2, -0.15) is 0 Å². The minimum atomic E-state index is -4.76. The van der Waals surface area contributed by atoms with Crippen LogP contribution in [0, 0.1) is 0 Å². The Morgan fingerprint density at radius 2 is 1.77 bits per heavy atom. The molecule has 0 aromatic heterocycles. The summed E-state index contributed by atoms with van der Waals surface area (Å²) in [4.78, 5) is 11.9. The van der Waals surface area contributed by atoms with Gasteiger partial charge in [0.25, 0.3) is 0 Å². The van der Waals surface area contributed by atoms with Gasteiger partial charge in [0, 0.05) is 5.56 Å². The molecule has 0 aliphatic rings. The molecule has 1 N–H and O–H groups in total. The molecule has 2 rings (SSSR count). The lowest BCUT2D eigenvalue weighted by molar-refractivity contribution is -0.274. The third kappa shape index (κ3) is 4.66.